The molecule has 1 N–H and O–H groups in total. The molecule has 102 valence electrons. The summed E-state index contributed by atoms with van der Waals surface area (Å²) in [4.78, 5) is 0. The van der Waals surface area contributed by atoms with Crippen LogP contribution in [0.25, 0.3) is 0 Å². The minimum atomic E-state index is -0.111. The first kappa shape index (κ1) is 15.6. The summed E-state index contributed by atoms with van der Waals surface area (Å²) in [6, 6.07) is 5.31. The monoisotopic (exact) mass is 315 g/mol. The van der Waals surface area contributed by atoms with E-state index >= 15 is 0 Å². The van der Waals surface area contributed by atoms with Crippen molar-refractivity contribution in [1.29, 1.82) is 0 Å². The molecule has 0 spiro atoms. The lowest BCUT2D eigenvalue weighted by Gasteiger charge is -2.19. The topological polar surface area (TPSA) is 12.0 Å². The fourth-order valence-corrected chi connectivity index (χ4v) is 2.55. The maximum atomic E-state index is 13.9. The van der Waals surface area contributed by atoms with Crippen LogP contribution in [0.15, 0.2) is 22.7 Å². The molecule has 1 atom stereocenters. The zero-order chi connectivity index (χ0) is 13.4. The van der Waals surface area contributed by atoms with Crippen molar-refractivity contribution in [3.8, 4) is 0 Å². The number of hydrogen-bond donors (Lipinski definition) is 1. The SMILES string of the molecule is CCCCCCC(NCC)c1cc(Br)ccc1F. The van der Waals surface area contributed by atoms with Gasteiger partial charge in [-0.2, -0.15) is 0 Å². The van der Waals surface area contributed by atoms with Crippen molar-refractivity contribution in [3.63, 3.8) is 0 Å². The summed E-state index contributed by atoms with van der Waals surface area (Å²) in [5, 5.41) is 3.38. The normalized spacial score (nSPS) is 12.7. The van der Waals surface area contributed by atoms with Crippen molar-refractivity contribution in [2.75, 3.05) is 6.54 Å². The Hall–Kier alpha value is -0.410. The number of rotatable bonds is 8. The summed E-state index contributed by atoms with van der Waals surface area (Å²) >= 11 is 3.41. The van der Waals surface area contributed by atoms with E-state index in [0.717, 1.165) is 29.4 Å². The van der Waals surface area contributed by atoms with E-state index in [1.54, 1.807) is 6.07 Å². The Morgan fingerprint density at radius 2 is 2.00 bits per heavy atom. The van der Waals surface area contributed by atoms with Crippen molar-refractivity contribution in [3.05, 3.63) is 34.1 Å². The molecule has 0 saturated heterocycles. The lowest BCUT2D eigenvalue weighted by atomic mass is 9.99. The van der Waals surface area contributed by atoms with Gasteiger partial charge in [-0.25, -0.2) is 4.39 Å². The molecule has 0 aliphatic heterocycles. The highest BCUT2D eigenvalue weighted by Gasteiger charge is 2.14. The van der Waals surface area contributed by atoms with Gasteiger partial charge in [0.2, 0.25) is 0 Å². The maximum Gasteiger partial charge on any atom is 0.128 e. The van der Waals surface area contributed by atoms with Gasteiger partial charge in [0.15, 0.2) is 0 Å². The Kier molecular flexibility index (Phi) is 7.52. The molecule has 0 bridgehead atoms. The fraction of sp³-hybridized carbons (Fsp3) is 0.600. The minimum Gasteiger partial charge on any atom is -0.310 e. The molecule has 0 aromatic heterocycles. The zero-order valence-corrected chi connectivity index (χ0v) is 12.9. The lowest BCUT2D eigenvalue weighted by molar-refractivity contribution is 0.460. The predicted octanol–water partition coefficient (Wildman–Crippen LogP) is 5.21. The van der Waals surface area contributed by atoms with Crippen LogP contribution in [-0.2, 0) is 0 Å². The van der Waals surface area contributed by atoms with E-state index < -0.39 is 0 Å². The Bertz CT molecular complexity index is 354. The van der Waals surface area contributed by atoms with Crippen LogP contribution < -0.4 is 5.32 Å². The average Bonchev–Trinajstić information content (AvgIpc) is 2.36. The maximum absolute atomic E-state index is 13.9. The van der Waals surface area contributed by atoms with E-state index in [4.69, 9.17) is 0 Å². The summed E-state index contributed by atoms with van der Waals surface area (Å²) in [7, 11) is 0. The summed E-state index contributed by atoms with van der Waals surface area (Å²) in [6.07, 6.45) is 5.88. The third-order valence-electron chi connectivity index (χ3n) is 3.13. The zero-order valence-electron chi connectivity index (χ0n) is 11.3. The standard InChI is InChI=1S/C15H23BrFN/c1-3-5-6-7-8-15(18-4-2)13-11-12(16)9-10-14(13)17/h9-11,15,18H,3-8H2,1-2H3. The van der Waals surface area contributed by atoms with Crippen LogP contribution in [0.4, 0.5) is 4.39 Å². The van der Waals surface area contributed by atoms with Crippen LogP contribution in [0, 0.1) is 5.82 Å². The van der Waals surface area contributed by atoms with Crippen molar-refractivity contribution >= 4 is 15.9 Å². The fourth-order valence-electron chi connectivity index (χ4n) is 2.17. The summed E-state index contributed by atoms with van der Waals surface area (Å²) in [5.74, 6) is -0.111. The van der Waals surface area contributed by atoms with Crippen molar-refractivity contribution < 1.29 is 4.39 Å². The third kappa shape index (κ3) is 5.07. The first-order chi connectivity index (χ1) is 8.69. The molecule has 0 aliphatic carbocycles. The third-order valence-corrected chi connectivity index (χ3v) is 3.62. The molecular formula is C15H23BrFN. The minimum absolute atomic E-state index is 0.111. The Morgan fingerprint density at radius 1 is 1.22 bits per heavy atom. The van der Waals surface area contributed by atoms with Gasteiger partial charge in [0.05, 0.1) is 0 Å². The Balaban J connectivity index is 2.67. The highest BCUT2D eigenvalue weighted by molar-refractivity contribution is 9.10. The van der Waals surface area contributed by atoms with E-state index in [9.17, 15) is 4.39 Å². The molecular weight excluding hydrogens is 293 g/mol. The Morgan fingerprint density at radius 3 is 2.67 bits per heavy atom. The molecule has 0 aliphatic rings. The molecule has 0 heterocycles. The molecule has 0 radical (unpaired) electrons. The number of nitrogens with one attached hydrogen (secondary N) is 1. The van der Waals surface area contributed by atoms with Gasteiger partial charge in [-0.1, -0.05) is 55.5 Å². The summed E-state index contributed by atoms with van der Waals surface area (Å²) in [6.45, 7) is 5.13. The second kappa shape index (κ2) is 8.65. The van der Waals surface area contributed by atoms with Crippen LogP contribution in [-0.4, -0.2) is 6.54 Å². The highest BCUT2D eigenvalue weighted by Crippen LogP contribution is 2.25. The number of benzene rings is 1. The van der Waals surface area contributed by atoms with Gasteiger partial charge in [-0.3, -0.25) is 0 Å². The molecule has 0 fully saturated rings. The van der Waals surface area contributed by atoms with Crippen LogP contribution in [0.1, 0.15) is 57.6 Å². The molecule has 0 amide bonds. The number of hydrogen-bond acceptors (Lipinski definition) is 1. The highest BCUT2D eigenvalue weighted by atomic mass is 79.9. The van der Waals surface area contributed by atoms with Crippen LogP contribution in [0.2, 0.25) is 0 Å². The Labute approximate surface area is 118 Å². The molecule has 1 nitrogen and oxygen atoms in total. The van der Waals surface area contributed by atoms with Gasteiger partial charge in [0, 0.05) is 16.1 Å². The summed E-state index contributed by atoms with van der Waals surface area (Å²) < 4.78 is 14.8. The first-order valence-corrected chi connectivity index (χ1v) is 7.66. The van der Waals surface area contributed by atoms with Gasteiger partial charge in [-0.15, -0.1) is 0 Å². The van der Waals surface area contributed by atoms with Crippen molar-refractivity contribution in [2.24, 2.45) is 0 Å². The van der Waals surface area contributed by atoms with Crippen molar-refractivity contribution in [2.45, 2.75) is 52.0 Å². The van der Waals surface area contributed by atoms with Gasteiger partial charge >= 0.3 is 0 Å². The first-order valence-electron chi connectivity index (χ1n) is 6.87. The van der Waals surface area contributed by atoms with Crippen LogP contribution >= 0.6 is 15.9 Å². The number of unbranched alkanes of at least 4 members (excludes halogenated alkanes) is 3. The molecule has 1 aromatic carbocycles. The average molecular weight is 316 g/mol. The van der Waals surface area contributed by atoms with Crippen molar-refractivity contribution in [1.82, 2.24) is 5.32 Å². The summed E-state index contributed by atoms with van der Waals surface area (Å²) in [5.41, 5.74) is 0.780. The number of halogens is 2. The van der Waals surface area contributed by atoms with E-state index in [0.29, 0.717) is 0 Å². The predicted molar refractivity (Wildman–Crippen MR) is 79.3 cm³/mol. The smallest absolute Gasteiger partial charge is 0.128 e. The second-order valence-corrected chi connectivity index (χ2v) is 5.54. The molecule has 3 heteroatoms. The second-order valence-electron chi connectivity index (χ2n) is 4.63. The molecule has 1 rings (SSSR count). The van der Waals surface area contributed by atoms with E-state index in [-0.39, 0.29) is 11.9 Å². The van der Waals surface area contributed by atoms with Crippen LogP contribution in [0.3, 0.4) is 0 Å². The largest absolute Gasteiger partial charge is 0.310 e. The quantitative estimate of drug-likeness (QED) is 0.649. The van der Waals surface area contributed by atoms with Crippen LogP contribution in [0.5, 0.6) is 0 Å². The van der Waals surface area contributed by atoms with Gasteiger partial charge in [-0.05, 0) is 31.2 Å². The van der Waals surface area contributed by atoms with E-state index in [1.165, 1.54) is 25.3 Å². The molecule has 0 saturated carbocycles. The van der Waals surface area contributed by atoms with E-state index in [2.05, 4.69) is 35.1 Å². The van der Waals surface area contributed by atoms with E-state index in [1.807, 2.05) is 6.07 Å². The molecule has 1 unspecified atom stereocenters. The molecule has 18 heavy (non-hydrogen) atoms. The molecule has 1 aromatic rings. The lowest BCUT2D eigenvalue weighted by Crippen LogP contribution is -2.22. The van der Waals surface area contributed by atoms with Gasteiger partial charge in [0.1, 0.15) is 5.82 Å². The van der Waals surface area contributed by atoms with Gasteiger partial charge < -0.3 is 5.32 Å². The van der Waals surface area contributed by atoms with Gasteiger partial charge in [0.25, 0.3) is 0 Å².